The molecule has 12 heteroatoms. The van der Waals surface area contributed by atoms with Gasteiger partial charge in [0, 0.05) is 13.0 Å². The second kappa shape index (κ2) is 33.5. The fraction of sp³-hybridized carbons (Fsp3) is 0.926. The SMILES string of the molecule is CCCCCCCCCCCCCC(=O)O[C@@H](CNCCCCCCCCCOC=O)COP(=O)([O-])[O-].[Na+].[Na+]. The van der Waals surface area contributed by atoms with Crippen molar-refractivity contribution < 1.29 is 97.1 Å². The number of nitrogens with one attached hydrogen (secondary N) is 1. The fourth-order valence-corrected chi connectivity index (χ4v) is 4.47. The summed E-state index contributed by atoms with van der Waals surface area (Å²) in [5.41, 5.74) is 0. The molecule has 0 aromatic rings. The summed E-state index contributed by atoms with van der Waals surface area (Å²) in [4.78, 5) is 44.0. The average Bonchev–Trinajstić information content (AvgIpc) is 2.85. The molecule has 39 heavy (non-hydrogen) atoms. The van der Waals surface area contributed by atoms with Crippen molar-refractivity contribution in [2.75, 3.05) is 26.3 Å². The van der Waals surface area contributed by atoms with Gasteiger partial charge in [0.1, 0.15) is 6.10 Å². The van der Waals surface area contributed by atoms with Crippen molar-refractivity contribution in [3.05, 3.63) is 0 Å². The molecule has 0 rings (SSSR count). The molecule has 0 heterocycles. The van der Waals surface area contributed by atoms with Crippen LogP contribution < -0.4 is 74.2 Å². The Morgan fingerprint density at radius 2 is 1.28 bits per heavy atom. The molecule has 0 saturated carbocycles. The number of carbonyl (C=O) groups is 2. The van der Waals surface area contributed by atoms with Crippen molar-refractivity contribution >= 4 is 20.3 Å². The average molecular weight is 596 g/mol. The number of phosphoric acid groups is 1. The van der Waals surface area contributed by atoms with E-state index in [1.165, 1.54) is 51.4 Å². The minimum Gasteiger partial charge on any atom is -0.790 e. The summed E-state index contributed by atoms with van der Waals surface area (Å²) < 4.78 is 25.2. The van der Waals surface area contributed by atoms with Gasteiger partial charge in [-0.2, -0.15) is 0 Å². The minimum absolute atomic E-state index is 0. The van der Waals surface area contributed by atoms with Crippen LogP contribution in [0.5, 0.6) is 0 Å². The molecule has 0 aliphatic heterocycles. The summed E-state index contributed by atoms with van der Waals surface area (Å²) in [5, 5.41) is 3.16. The number of ether oxygens (including phenoxy) is 2. The van der Waals surface area contributed by atoms with Gasteiger partial charge in [-0.1, -0.05) is 103 Å². The first-order chi connectivity index (χ1) is 17.9. The van der Waals surface area contributed by atoms with Crippen LogP contribution >= 0.6 is 7.82 Å². The van der Waals surface area contributed by atoms with Gasteiger partial charge in [-0.25, -0.2) is 0 Å². The van der Waals surface area contributed by atoms with E-state index in [0.717, 1.165) is 64.2 Å². The van der Waals surface area contributed by atoms with Crippen molar-refractivity contribution in [1.82, 2.24) is 5.32 Å². The zero-order valence-corrected chi connectivity index (χ0v) is 30.0. The van der Waals surface area contributed by atoms with Crippen molar-refractivity contribution in [3.8, 4) is 0 Å². The Morgan fingerprint density at radius 1 is 0.795 bits per heavy atom. The predicted octanol–water partition coefficient (Wildman–Crippen LogP) is -1.05. The van der Waals surface area contributed by atoms with Gasteiger partial charge in [0.15, 0.2) is 0 Å². The molecule has 0 aromatic carbocycles. The molecule has 0 aliphatic rings. The summed E-state index contributed by atoms with van der Waals surface area (Å²) >= 11 is 0. The van der Waals surface area contributed by atoms with Gasteiger partial charge in [0.25, 0.3) is 6.47 Å². The standard InChI is InChI=1S/C27H54NO8P.2Na/c1-2-3-4-5-6-7-8-9-11-14-17-20-27(30)36-26(24-35-37(31,32)33)23-28-21-18-15-12-10-13-16-19-22-34-25-29;;/h25-26,28H,2-24H2,1H3,(H2,31,32,33);;/q;2*+1/p-2/t26-;;/m0../s1. The van der Waals surface area contributed by atoms with E-state index in [0.29, 0.717) is 19.6 Å². The van der Waals surface area contributed by atoms with Crippen LogP contribution in [0, 0.1) is 0 Å². The molecular formula is C27H52NNa2O8P. The third-order valence-electron chi connectivity index (χ3n) is 6.26. The van der Waals surface area contributed by atoms with E-state index in [4.69, 9.17) is 4.74 Å². The van der Waals surface area contributed by atoms with Crippen molar-refractivity contribution in [2.45, 2.75) is 135 Å². The van der Waals surface area contributed by atoms with Gasteiger partial charge in [-0.3, -0.25) is 9.59 Å². The third-order valence-corrected chi connectivity index (χ3v) is 6.72. The van der Waals surface area contributed by atoms with E-state index in [1.807, 2.05) is 0 Å². The molecule has 1 N–H and O–H groups in total. The topological polar surface area (TPSA) is 137 Å². The molecule has 0 spiro atoms. The van der Waals surface area contributed by atoms with E-state index in [2.05, 4.69) is 21.5 Å². The van der Waals surface area contributed by atoms with Crippen LogP contribution in [0.2, 0.25) is 0 Å². The Bertz CT molecular complexity index is 584. The van der Waals surface area contributed by atoms with Gasteiger partial charge in [-0.15, -0.1) is 0 Å². The number of unbranched alkanes of at least 4 members (excludes halogenated alkanes) is 16. The van der Waals surface area contributed by atoms with E-state index < -0.39 is 26.5 Å². The number of carbonyl (C=O) groups excluding carboxylic acids is 2. The van der Waals surface area contributed by atoms with Crippen LogP contribution in [0.3, 0.4) is 0 Å². The monoisotopic (exact) mass is 595 g/mol. The minimum atomic E-state index is -5.13. The molecule has 0 amide bonds. The number of rotatable bonds is 29. The molecule has 220 valence electrons. The maximum atomic E-state index is 12.2. The van der Waals surface area contributed by atoms with E-state index >= 15 is 0 Å². The van der Waals surface area contributed by atoms with Crippen LogP contribution in [-0.2, 0) is 28.2 Å². The summed E-state index contributed by atoms with van der Waals surface area (Å²) in [6.45, 7) is 3.66. The van der Waals surface area contributed by atoms with Crippen LogP contribution in [0.4, 0.5) is 0 Å². The number of hydrogen-bond acceptors (Lipinski definition) is 9. The van der Waals surface area contributed by atoms with Crippen LogP contribution in [0.25, 0.3) is 0 Å². The molecule has 0 fully saturated rings. The van der Waals surface area contributed by atoms with Gasteiger partial charge >= 0.3 is 65.1 Å². The third kappa shape index (κ3) is 37.0. The molecule has 0 aromatic heterocycles. The summed E-state index contributed by atoms with van der Waals surface area (Å²) in [7, 11) is -5.13. The molecule has 0 radical (unpaired) electrons. The Kier molecular flexibility index (Phi) is 38.2. The van der Waals surface area contributed by atoms with E-state index in [9.17, 15) is 23.9 Å². The van der Waals surface area contributed by atoms with Crippen LogP contribution in [0.15, 0.2) is 0 Å². The summed E-state index contributed by atoms with van der Waals surface area (Å²) in [5.74, 6) is -0.392. The Labute approximate surface area is 281 Å². The molecule has 0 unspecified atom stereocenters. The second-order valence-corrected chi connectivity index (χ2v) is 10.9. The second-order valence-electron chi connectivity index (χ2n) is 9.79. The van der Waals surface area contributed by atoms with Crippen LogP contribution in [0.1, 0.15) is 129 Å². The van der Waals surface area contributed by atoms with E-state index in [-0.39, 0.29) is 72.1 Å². The van der Waals surface area contributed by atoms with Crippen molar-refractivity contribution in [2.24, 2.45) is 0 Å². The van der Waals surface area contributed by atoms with Crippen LogP contribution in [-0.4, -0.2) is 44.8 Å². The van der Waals surface area contributed by atoms with Gasteiger partial charge in [0.2, 0.25) is 0 Å². The first-order valence-corrected chi connectivity index (χ1v) is 16.0. The molecule has 0 aliphatic carbocycles. The molecule has 0 saturated heterocycles. The van der Waals surface area contributed by atoms with E-state index in [1.54, 1.807) is 0 Å². The van der Waals surface area contributed by atoms with Crippen molar-refractivity contribution in [3.63, 3.8) is 0 Å². The Hall–Kier alpha value is 1.01. The normalized spacial score (nSPS) is 11.8. The number of phosphoric ester groups is 1. The maximum Gasteiger partial charge on any atom is 1.00 e. The first-order valence-electron chi connectivity index (χ1n) is 14.5. The molecule has 1 atom stereocenters. The van der Waals surface area contributed by atoms with Gasteiger partial charge in [-0.05, 0) is 25.8 Å². The number of hydrogen-bond donors (Lipinski definition) is 1. The Morgan fingerprint density at radius 3 is 1.79 bits per heavy atom. The zero-order valence-electron chi connectivity index (χ0n) is 25.1. The quantitative estimate of drug-likeness (QED) is 0.0378. The Balaban J connectivity index is -0.00000648. The maximum absolute atomic E-state index is 12.2. The molecule has 9 nitrogen and oxygen atoms in total. The fourth-order valence-electron chi connectivity index (χ4n) is 4.12. The largest absolute Gasteiger partial charge is 1.00 e. The van der Waals surface area contributed by atoms with Crippen molar-refractivity contribution in [1.29, 1.82) is 0 Å². The molecular weight excluding hydrogens is 543 g/mol. The first kappa shape index (κ1) is 44.5. The summed E-state index contributed by atoms with van der Waals surface area (Å²) in [6, 6.07) is 0. The smallest absolute Gasteiger partial charge is 0.790 e. The zero-order chi connectivity index (χ0) is 27.5. The van der Waals surface area contributed by atoms with Gasteiger partial charge < -0.3 is 33.7 Å². The molecule has 0 bridgehead atoms. The predicted molar refractivity (Wildman–Crippen MR) is 142 cm³/mol. The van der Waals surface area contributed by atoms with Gasteiger partial charge in [0.05, 0.1) is 21.0 Å². The summed E-state index contributed by atoms with van der Waals surface area (Å²) in [6.07, 6.45) is 19.8. The number of esters is 1.